The molecule has 35 heavy (non-hydrogen) atoms. The molecule has 0 spiro atoms. The SMILES string of the molecule is Cc1ccc(S(=O)(=O)NC(=O)Nc2ccc(N(C)C(=O)NS(=O)(=O)c3ccc(C)cc3)cc2)cc1. The van der Waals surface area contributed by atoms with Crippen LogP contribution in [0, 0.1) is 13.8 Å². The minimum absolute atomic E-state index is 0.0454. The van der Waals surface area contributed by atoms with E-state index in [1.54, 1.807) is 24.3 Å². The zero-order valence-electron chi connectivity index (χ0n) is 19.1. The monoisotopic (exact) mass is 516 g/mol. The van der Waals surface area contributed by atoms with Crippen LogP contribution in [0.15, 0.2) is 82.6 Å². The third-order valence-corrected chi connectivity index (χ3v) is 7.61. The van der Waals surface area contributed by atoms with Gasteiger partial charge in [-0.05, 0) is 62.4 Å². The Bertz CT molecular complexity index is 1440. The number of aryl methyl sites for hydroxylation is 2. The Kier molecular flexibility index (Phi) is 7.46. The summed E-state index contributed by atoms with van der Waals surface area (Å²) in [7, 11) is -6.73. The predicted octanol–water partition coefficient (Wildman–Crippen LogP) is 3.35. The van der Waals surface area contributed by atoms with Gasteiger partial charge in [-0.15, -0.1) is 0 Å². The van der Waals surface area contributed by atoms with Gasteiger partial charge in [-0.1, -0.05) is 35.4 Å². The molecule has 10 nitrogen and oxygen atoms in total. The van der Waals surface area contributed by atoms with Gasteiger partial charge in [0, 0.05) is 18.4 Å². The molecule has 3 rings (SSSR count). The summed E-state index contributed by atoms with van der Waals surface area (Å²) in [6.07, 6.45) is 0. The number of rotatable bonds is 6. The molecule has 3 aromatic carbocycles. The van der Waals surface area contributed by atoms with E-state index in [0.29, 0.717) is 5.69 Å². The number of nitrogens with zero attached hydrogens (tertiary/aromatic N) is 1. The van der Waals surface area contributed by atoms with Crippen LogP contribution in [0.1, 0.15) is 11.1 Å². The Hall–Kier alpha value is -3.90. The molecule has 12 heteroatoms. The van der Waals surface area contributed by atoms with Crippen molar-refractivity contribution in [1.82, 2.24) is 9.44 Å². The number of nitrogens with one attached hydrogen (secondary N) is 3. The number of hydrogen-bond acceptors (Lipinski definition) is 6. The number of benzene rings is 3. The number of anilines is 2. The molecule has 0 radical (unpaired) electrons. The molecule has 3 N–H and O–H groups in total. The van der Waals surface area contributed by atoms with Crippen molar-refractivity contribution in [2.45, 2.75) is 23.6 Å². The van der Waals surface area contributed by atoms with Crippen LogP contribution in [-0.2, 0) is 20.0 Å². The van der Waals surface area contributed by atoms with Crippen molar-refractivity contribution < 1.29 is 26.4 Å². The van der Waals surface area contributed by atoms with Crippen LogP contribution in [0.3, 0.4) is 0 Å². The summed E-state index contributed by atoms with van der Waals surface area (Å²) in [6, 6.07) is 16.0. The lowest BCUT2D eigenvalue weighted by Crippen LogP contribution is -2.40. The smallest absolute Gasteiger partial charge is 0.307 e. The van der Waals surface area contributed by atoms with Crippen molar-refractivity contribution in [3.05, 3.63) is 83.9 Å². The van der Waals surface area contributed by atoms with Crippen LogP contribution in [0.5, 0.6) is 0 Å². The van der Waals surface area contributed by atoms with Crippen molar-refractivity contribution >= 4 is 43.5 Å². The van der Waals surface area contributed by atoms with Gasteiger partial charge in [-0.3, -0.25) is 4.90 Å². The van der Waals surface area contributed by atoms with E-state index in [1.165, 1.54) is 55.6 Å². The molecule has 0 heterocycles. The van der Waals surface area contributed by atoms with Gasteiger partial charge in [0.05, 0.1) is 9.79 Å². The molecule has 0 saturated heterocycles. The van der Waals surface area contributed by atoms with E-state index in [-0.39, 0.29) is 15.5 Å². The molecule has 0 unspecified atom stereocenters. The van der Waals surface area contributed by atoms with Crippen LogP contribution in [0.25, 0.3) is 0 Å². The van der Waals surface area contributed by atoms with E-state index in [4.69, 9.17) is 0 Å². The minimum Gasteiger partial charge on any atom is -0.307 e. The quantitative estimate of drug-likeness (QED) is 0.459. The van der Waals surface area contributed by atoms with E-state index in [0.717, 1.165) is 16.0 Å². The lowest BCUT2D eigenvalue weighted by atomic mass is 10.2. The molecule has 0 aromatic heterocycles. The fourth-order valence-electron chi connectivity index (χ4n) is 2.90. The number of hydrogen-bond donors (Lipinski definition) is 3. The van der Waals surface area contributed by atoms with Crippen LogP contribution >= 0.6 is 0 Å². The van der Waals surface area contributed by atoms with Gasteiger partial charge in [-0.25, -0.2) is 35.9 Å². The van der Waals surface area contributed by atoms with Crippen LogP contribution in [0.4, 0.5) is 21.0 Å². The summed E-state index contributed by atoms with van der Waals surface area (Å²) < 4.78 is 53.4. The first kappa shape index (κ1) is 25.7. The second-order valence-electron chi connectivity index (χ2n) is 7.70. The third-order valence-electron chi connectivity index (χ3n) is 4.93. The molecule has 0 bridgehead atoms. The highest BCUT2D eigenvalue weighted by Gasteiger charge is 2.21. The molecule has 0 aliphatic carbocycles. The summed E-state index contributed by atoms with van der Waals surface area (Å²) in [4.78, 5) is 25.6. The molecule has 0 saturated carbocycles. The summed E-state index contributed by atoms with van der Waals surface area (Å²) >= 11 is 0. The van der Waals surface area contributed by atoms with Crippen LogP contribution in [0.2, 0.25) is 0 Å². The number of carbonyl (C=O) groups is 2. The average Bonchev–Trinajstić information content (AvgIpc) is 2.79. The third kappa shape index (κ3) is 6.58. The second-order valence-corrected chi connectivity index (χ2v) is 11.1. The zero-order valence-corrected chi connectivity index (χ0v) is 20.8. The standard InChI is InChI=1S/C23H24N4O6S2/c1-16-4-12-20(13-5-16)34(30,31)25-22(28)24-18-8-10-19(11-9-18)27(3)23(29)26-35(32,33)21-14-6-17(2)7-15-21/h4-15H,1-3H3,(H,26,29)(H2,24,25,28). The first-order valence-electron chi connectivity index (χ1n) is 10.2. The Morgan fingerprint density at radius 1 is 0.657 bits per heavy atom. The Morgan fingerprint density at radius 2 is 1.09 bits per heavy atom. The van der Waals surface area contributed by atoms with E-state index in [2.05, 4.69) is 5.32 Å². The highest BCUT2D eigenvalue weighted by molar-refractivity contribution is 7.90. The molecule has 0 fully saturated rings. The normalized spacial score (nSPS) is 11.4. The first-order valence-corrected chi connectivity index (χ1v) is 13.2. The number of urea groups is 2. The maximum atomic E-state index is 12.5. The van der Waals surface area contributed by atoms with E-state index in [1.807, 2.05) is 23.3 Å². The molecular weight excluding hydrogens is 492 g/mol. The fraction of sp³-hybridized carbons (Fsp3) is 0.130. The maximum Gasteiger partial charge on any atom is 0.335 e. The minimum atomic E-state index is -4.06. The van der Waals surface area contributed by atoms with E-state index < -0.39 is 32.1 Å². The molecule has 4 amide bonds. The fourth-order valence-corrected chi connectivity index (χ4v) is 4.79. The van der Waals surface area contributed by atoms with Gasteiger partial charge in [0.2, 0.25) is 0 Å². The Labute approximate surface area is 204 Å². The Balaban J connectivity index is 1.62. The molecule has 0 aliphatic heterocycles. The van der Waals surface area contributed by atoms with Crippen LogP contribution < -0.4 is 19.7 Å². The number of sulfonamides is 2. The lowest BCUT2D eigenvalue weighted by molar-refractivity contribution is 0.252. The topological polar surface area (TPSA) is 142 Å². The summed E-state index contributed by atoms with van der Waals surface area (Å²) in [5.74, 6) is 0. The van der Waals surface area contributed by atoms with Gasteiger partial charge in [-0.2, -0.15) is 0 Å². The number of amides is 4. The average molecular weight is 517 g/mol. The van der Waals surface area contributed by atoms with Gasteiger partial charge in [0.1, 0.15) is 0 Å². The Morgan fingerprint density at radius 3 is 1.54 bits per heavy atom. The second kappa shape index (κ2) is 10.2. The van der Waals surface area contributed by atoms with Crippen molar-refractivity contribution in [2.24, 2.45) is 0 Å². The van der Waals surface area contributed by atoms with Gasteiger partial charge in [0.25, 0.3) is 20.0 Å². The van der Waals surface area contributed by atoms with Gasteiger partial charge < -0.3 is 5.32 Å². The molecular formula is C23H24N4O6S2. The molecule has 0 aliphatic rings. The summed E-state index contributed by atoms with van der Waals surface area (Å²) in [5, 5.41) is 2.39. The number of carbonyl (C=O) groups excluding carboxylic acids is 2. The van der Waals surface area contributed by atoms with E-state index >= 15 is 0 Å². The lowest BCUT2D eigenvalue weighted by Gasteiger charge is -2.18. The van der Waals surface area contributed by atoms with Gasteiger partial charge in [0.15, 0.2) is 0 Å². The van der Waals surface area contributed by atoms with E-state index in [9.17, 15) is 26.4 Å². The highest BCUT2D eigenvalue weighted by atomic mass is 32.2. The van der Waals surface area contributed by atoms with Gasteiger partial charge >= 0.3 is 12.1 Å². The molecule has 0 atom stereocenters. The molecule has 184 valence electrons. The van der Waals surface area contributed by atoms with Crippen molar-refractivity contribution in [3.63, 3.8) is 0 Å². The first-order chi connectivity index (χ1) is 16.4. The summed E-state index contributed by atoms with van der Waals surface area (Å²) in [5.41, 5.74) is 2.34. The highest BCUT2D eigenvalue weighted by Crippen LogP contribution is 2.18. The van der Waals surface area contributed by atoms with Crippen molar-refractivity contribution in [1.29, 1.82) is 0 Å². The summed E-state index contributed by atoms with van der Waals surface area (Å²) in [6.45, 7) is 3.62. The predicted molar refractivity (Wildman–Crippen MR) is 132 cm³/mol. The molecule has 3 aromatic rings. The maximum absolute atomic E-state index is 12.5. The van der Waals surface area contributed by atoms with Crippen molar-refractivity contribution in [2.75, 3.05) is 17.3 Å². The van der Waals surface area contributed by atoms with Crippen LogP contribution in [-0.4, -0.2) is 35.9 Å². The largest absolute Gasteiger partial charge is 0.335 e. The zero-order chi connectivity index (χ0) is 25.8. The van der Waals surface area contributed by atoms with Crippen molar-refractivity contribution in [3.8, 4) is 0 Å².